The molecule has 2 heterocycles. The summed E-state index contributed by atoms with van der Waals surface area (Å²) in [5, 5.41) is 3.40. The molecule has 0 aliphatic carbocycles. The molecule has 7 nitrogen and oxygen atoms in total. The molecule has 9 heteroatoms. The second-order valence-electron chi connectivity index (χ2n) is 7.36. The van der Waals surface area contributed by atoms with E-state index >= 15 is 0 Å². The van der Waals surface area contributed by atoms with Crippen LogP contribution >= 0.6 is 11.6 Å². The third kappa shape index (κ3) is 4.12. The minimum absolute atomic E-state index is 0.131. The minimum atomic E-state index is -3.78. The van der Waals surface area contributed by atoms with Crippen LogP contribution in [0.1, 0.15) is 31.4 Å². The standard InChI is InChI=1S/C21H23ClN2O5S/c1-14(15-4-9-19-20(13-15)29-12-11-28-19)23-21(25)18-3-2-10-24(18)30(26,27)17-7-5-16(22)6-8-17/h4-9,13-14,18H,2-3,10-12H2,1H3,(H,23,25)/t14-,18-/m1/s1. The van der Waals surface area contributed by atoms with Crippen molar-refractivity contribution in [2.24, 2.45) is 0 Å². The summed E-state index contributed by atoms with van der Waals surface area (Å²) in [6, 6.07) is 10.5. The summed E-state index contributed by atoms with van der Waals surface area (Å²) >= 11 is 5.87. The van der Waals surface area contributed by atoms with Crippen LogP contribution in [0.5, 0.6) is 11.5 Å². The van der Waals surface area contributed by atoms with Gasteiger partial charge in [0.2, 0.25) is 15.9 Å². The highest BCUT2D eigenvalue weighted by Crippen LogP contribution is 2.33. The van der Waals surface area contributed by atoms with Gasteiger partial charge in [-0.15, -0.1) is 0 Å². The zero-order chi connectivity index (χ0) is 21.3. The van der Waals surface area contributed by atoms with Crippen molar-refractivity contribution < 1.29 is 22.7 Å². The first-order chi connectivity index (χ1) is 14.4. The van der Waals surface area contributed by atoms with Crippen LogP contribution in [0, 0.1) is 0 Å². The maximum absolute atomic E-state index is 13.0. The average molecular weight is 451 g/mol. The Kier molecular flexibility index (Phi) is 5.90. The molecule has 2 aromatic rings. The van der Waals surface area contributed by atoms with Crippen molar-refractivity contribution in [1.82, 2.24) is 9.62 Å². The van der Waals surface area contributed by atoms with Crippen molar-refractivity contribution in [3.8, 4) is 11.5 Å². The van der Waals surface area contributed by atoms with Gasteiger partial charge in [-0.1, -0.05) is 17.7 Å². The van der Waals surface area contributed by atoms with Crippen LogP contribution in [0.15, 0.2) is 47.4 Å². The van der Waals surface area contributed by atoms with Gasteiger partial charge < -0.3 is 14.8 Å². The highest BCUT2D eigenvalue weighted by molar-refractivity contribution is 7.89. The summed E-state index contributed by atoms with van der Waals surface area (Å²) in [7, 11) is -3.78. The maximum atomic E-state index is 13.0. The first-order valence-corrected chi connectivity index (χ1v) is 11.7. The van der Waals surface area contributed by atoms with Crippen molar-refractivity contribution in [3.63, 3.8) is 0 Å². The molecule has 1 N–H and O–H groups in total. The van der Waals surface area contributed by atoms with Gasteiger partial charge in [-0.25, -0.2) is 8.42 Å². The van der Waals surface area contributed by atoms with Crippen LogP contribution in [0.2, 0.25) is 5.02 Å². The Hall–Kier alpha value is -2.29. The lowest BCUT2D eigenvalue weighted by molar-refractivity contribution is -0.124. The van der Waals surface area contributed by atoms with E-state index in [9.17, 15) is 13.2 Å². The number of nitrogens with zero attached hydrogens (tertiary/aromatic N) is 1. The van der Waals surface area contributed by atoms with Crippen molar-refractivity contribution in [2.45, 2.75) is 36.7 Å². The monoisotopic (exact) mass is 450 g/mol. The van der Waals surface area contributed by atoms with Crippen molar-refractivity contribution >= 4 is 27.5 Å². The number of fused-ring (bicyclic) bond motifs is 1. The minimum Gasteiger partial charge on any atom is -0.486 e. The smallest absolute Gasteiger partial charge is 0.243 e. The summed E-state index contributed by atoms with van der Waals surface area (Å²) in [6.07, 6.45) is 1.11. The second-order valence-corrected chi connectivity index (χ2v) is 9.69. The van der Waals surface area contributed by atoms with Crippen molar-refractivity contribution in [3.05, 3.63) is 53.1 Å². The molecule has 1 saturated heterocycles. The van der Waals surface area contributed by atoms with Gasteiger partial charge >= 0.3 is 0 Å². The van der Waals surface area contributed by atoms with E-state index in [1.54, 1.807) is 0 Å². The quantitative estimate of drug-likeness (QED) is 0.756. The topological polar surface area (TPSA) is 84.9 Å². The van der Waals surface area contributed by atoms with E-state index in [2.05, 4.69) is 5.32 Å². The summed E-state index contributed by atoms with van der Waals surface area (Å²) in [6.45, 7) is 3.16. The van der Waals surface area contributed by atoms with Crippen molar-refractivity contribution in [2.75, 3.05) is 19.8 Å². The first kappa shape index (κ1) is 21.0. The molecule has 0 aromatic heterocycles. The molecule has 0 saturated carbocycles. The lowest BCUT2D eigenvalue weighted by atomic mass is 10.1. The lowest BCUT2D eigenvalue weighted by Gasteiger charge is -2.26. The summed E-state index contributed by atoms with van der Waals surface area (Å²) in [5.74, 6) is 1.01. The Morgan fingerprint density at radius 3 is 2.57 bits per heavy atom. The number of amides is 1. The number of rotatable bonds is 5. The van der Waals surface area contributed by atoms with Gasteiger partial charge in [0, 0.05) is 11.6 Å². The molecule has 2 aromatic carbocycles. The molecule has 0 unspecified atom stereocenters. The number of nitrogens with one attached hydrogen (secondary N) is 1. The van der Waals surface area contributed by atoms with E-state index in [1.807, 2.05) is 25.1 Å². The van der Waals surface area contributed by atoms with Gasteiger partial charge in [0.05, 0.1) is 10.9 Å². The first-order valence-electron chi connectivity index (χ1n) is 9.83. The normalized spacial score (nSPS) is 20.0. The highest BCUT2D eigenvalue weighted by atomic mass is 35.5. The van der Waals surface area contributed by atoms with Crippen LogP contribution in [0.4, 0.5) is 0 Å². The van der Waals surface area contributed by atoms with E-state index in [0.29, 0.717) is 49.1 Å². The van der Waals surface area contributed by atoms with E-state index in [-0.39, 0.29) is 16.8 Å². The van der Waals surface area contributed by atoms with Gasteiger partial charge in [-0.05, 0) is 61.7 Å². The van der Waals surface area contributed by atoms with Gasteiger partial charge in [0.15, 0.2) is 11.5 Å². The molecule has 0 radical (unpaired) electrons. The van der Waals surface area contributed by atoms with Crippen LogP contribution in [-0.2, 0) is 14.8 Å². The molecule has 0 spiro atoms. The van der Waals surface area contributed by atoms with Crippen LogP contribution in [0.3, 0.4) is 0 Å². The zero-order valence-corrected chi connectivity index (χ0v) is 18.1. The Morgan fingerprint density at radius 2 is 1.83 bits per heavy atom. The Labute approximate surface area is 181 Å². The summed E-state index contributed by atoms with van der Waals surface area (Å²) in [4.78, 5) is 13.1. The molecule has 2 aliphatic heterocycles. The van der Waals surface area contributed by atoms with Crippen LogP contribution in [0.25, 0.3) is 0 Å². The average Bonchev–Trinajstić information content (AvgIpc) is 3.25. The Morgan fingerprint density at radius 1 is 1.13 bits per heavy atom. The lowest BCUT2D eigenvalue weighted by Crippen LogP contribution is -2.46. The second kappa shape index (κ2) is 8.45. The van der Waals surface area contributed by atoms with E-state index in [4.69, 9.17) is 21.1 Å². The molecule has 1 amide bonds. The number of carbonyl (C=O) groups excluding carboxylic acids is 1. The van der Waals surface area contributed by atoms with E-state index < -0.39 is 16.1 Å². The maximum Gasteiger partial charge on any atom is 0.243 e. The Bertz CT molecular complexity index is 1040. The highest BCUT2D eigenvalue weighted by Gasteiger charge is 2.39. The summed E-state index contributed by atoms with van der Waals surface area (Å²) < 4.78 is 38.5. The Balaban J connectivity index is 1.49. The fraction of sp³-hybridized carbons (Fsp3) is 0.381. The number of hydrogen-bond donors (Lipinski definition) is 1. The number of sulfonamides is 1. The molecule has 0 bridgehead atoms. The van der Waals surface area contributed by atoms with Gasteiger partial charge in [0.25, 0.3) is 0 Å². The number of hydrogen-bond acceptors (Lipinski definition) is 5. The molecular formula is C21H23ClN2O5S. The van der Waals surface area contributed by atoms with Crippen LogP contribution in [-0.4, -0.2) is 44.4 Å². The van der Waals surface area contributed by atoms with Crippen LogP contribution < -0.4 is 14.8 Å². The number of halogens is 1. The SMILES string of the molecule is C[C@@H](NC(=O)[C@H]1CCCN1S(=O)(=O)c1ccc(Cl)cc1)c1ccc2c(c1)OCCO2. The van der Waals surface area contributed by atoms with E-state index in [0.717, 1.165) is 5.56 Å². The largest absolute Gasteiger partial charge is 0.486 e. The third-order valence-corrected chi connectivity index (χ3v) is 7.53. The molecule has 2 aliphatic rings. The molecule has 160 valence electrons. The van der Waals surface area contributed by atoms with Gasteiger partial charge in [0.1, 0.15) is 19.3 Å². The van der Waals surface area contributed by atoms with Gasteiger partial charge in [-0.3, -0.25) is 4.79 Å². The predicted molar refractivity (Wildman–Crippen MR) is 112 cm³/mol. The molecule has 4 rings (SSSR count). The molecular weight excluding hydrogens is 428 g/mol. The third-order valence-electron chi connectivity index (χ3n) is 5.35. The van der Waals surface area contributed by atoms with Crippen molar-refractivity contribution in [1.29, 1.82) is 0 Å². The number of benzene rings is 2. The molecule has 2 atom stereocenters. The van der Waals surface area contributed by atoms with E-state index in [1.165, 1.54) is 28.6 Å². The fourth-order valence-electron chi connectivity index (χ4n) is 3.75. The number of carbonyl (C=O) groups is 1. The number of ether oxygens (including phenoxy) is 2. The summed E-state index contributed by atoms with van der Waals surface area (Å²) in [5.41, 5.74) is 0.859. The predicted octanol–water partition coefficient (Wildman–Crippen LogP) is 3.14. The zero-order valence-electron chi connectivity index (χ0n) is 16.5. The molecule has 30 heavy (non-hydrogen) atoms. The molecule has 1 fully saturated rings. The fourth-order valence-corrected chi connectivity index (χ4v) is 5.54. The van der Waals surface area contributed by atoms with Gasteiger partial charge in [-0.2, -0.15) is 4.31 Å².